The van der Waals surface area contributed by atoms with Crippen LogP contribution in [0.2, 0.25) is 5.02 Å². The van der Waals surface area contributed by atoms with Gasteiger partial charge in [-0.05, 0) is 36.4 Å². The Labute approximate surface area is 140 Å². The van der Waals surface area contributed by atoms with E-state index in [1.807, 2.05) is 18.2 Å². The molecule has 1 heterocycles. The number of hydrogen-bond acceptors (Lipinski definition) is 3. The third-order valence-corrected chi connectivity index (χ3v) is 3.50. The van der Waals surface area contributed by atoms with Crippen LogP contribution < -0.4 is 5.32 Å². The fourth-order valence-corrected chi connectivity index (χ4v) is 2.33. The highest BCUT2D eigenvalue weighted by Gasteiger charge is 2.04. The van der Waals surface area contributed by atoms with Crippen molar-refractivity contribution in [3.63, 3.8) is 0 Å². The van der Waals surface area contributed by atoms with Crippen molar-refractivity contribution in [1.29, 1.82) is 0 Å². The minimum atomic E-state index is -0.457. The average molecular weight is 389 g/mol. The van der Waals surface area contributed by atoms with Gasteiger partial charge in [-0.25, -0.2) is 14.4 Å². The van der Waals surface area contributed by atoms with Crippen LogP contribution in [-0.4, -0.2) is 9.97 Å². The second kappa shape index (κ2) is 6.56. The maximum Gasteiger partial charge on any atom is 0.227 e. The number of benzene rings is 2. The highest BCUT2D eigenvalue weighted by Crippen LogP contribution is 2.23. The number of hydrogen-bond donors (Lipinski definition) is 1. The van der Waals surface area contributed by atoms with E-state index in [9.17, 15) is 4.39 Å². The summed E-state index contributed by atoms with van der Waals surface area (Å²) in [6, 6.07) is 10.1. The van der Waals surface area contributed by atoms with E-state index in [0.29, 0.717) is 11.6 Å². The summed E-state index contributed by atoms with van der Waals surface area (Å²) >= 11 is 9.13. The molecule has 0 aliphatic rings. The molecule has 3 rings (SSSR count). The molecule has 3 aromatic rings. The lowest BCUT2D eigenvalue weighted by molar-refractivity contribution is 0.628. The number of rotatable bonds is 2. The molecule has 1 aromatic heterocycles. The fraction of sp³-hybridized carbons (Fsp3) is 0. The molecule has 0 fully saturated rings. The van der Waals surface area contributed by atoms with E-state index in [4.69, 9.17) is 11.6 Å². The molecule has 0 aliphatic carbocycles. The Kier molecular flexibility index (Phi) is 4.98. The summed E-state index contributed by atoms with van der Waals surface area (Å²) in [6.45, 7) is 0. The van der Waals surface area contributed by atoms with Crippen molar-refractivity contribution in [2.24, 2.45) is 0 Å². The lowest BCUT2D eigenvalue weighted by atomic mass is 10.2. The molecule has 2 aromatic carbocycles. The molecule has 0 saturated carbocycles. The summed E-state index contributed by atoms with van der Waals surface area (Å²) in [5.74, 6) is -0.0241. The van der Waals surface area contributed by atoms with Gasteiger partial charge in [0.15, 0.2) is 0 Å². The van der Waals surface area contributed by atoms with Crippen LogP contribution in [0.15, 0.2) is 47.1 Å². The minimum absolute atomic E-state index is 0. The number of fused-ring (bicyclic) bond motifs is 1. The molecule has 3 nitrogen and oxygen atoms in total. The maximum absolute atomic E-state index is 13.1. The second-order valence-corrected chi connectivity index (χ2v) is 5.47. The maximum atomic E-state index is 13.1. The van der Waals surface area contributed by atoms with Crippen LogP contribution in [0, 0.1) is 5.82 Å². The Bertz CT molecular complexity index is 798. The number of nitrogens with zero attached hydrogens (tertiary/aromatic N) is 2. The van der Waals surface area contributed by atoms with Crippen molar-refractivity contribution in [3.05, 3.63) is 57.9 Å². The van der Waals surface area contributed by atoms with Crippen molar-refractivity contribution in [2.45, 2.75) is 0 Å². The predicted molar refractivity (Wildman–Crippen MR) is 89.2 cm³/mol. The largest absolute Gasteiger partial charge is 0.324 e. The van der Waals surface area contributed by atoms with Crippen LogP contribution in [0.4, 0.5) is 16.0 Å². The molecule has 0 unspecified atom stereocenters. The molecule has 0 spiro atoms. The first kappa shape index (κ1) is 15.9. The molecule has 0 amide bonds. The first-order valence-electron chi connectivity index (χ1n) is 5.76. The topological polar surface area (TPSA) is 37.8 Å². The van der Waals surface area contributed by atoms with Gasteiger partial charge < -0.3 is 5.32 Å². The number of anilines is 2. The number of aromatic nitrogens is 2. The summed E-state index contributed by atoms with van der Waals surface area (Å²) in [5.41, 5.74) is 1.45. The summed E-state index contributed by atoms with van der Waals surface area (Å²) in [5, 5.41) is 3.98. The monoisotopic (exact) mass is 387 g/mol. The van der Waals surface area contributed by atoms with Gasteiger partial charge in [-0.3, -0.25) is 0 Å². The first-order valence-corrected chi connectivity index (χ1v) is 6.93. The highest BCUT2D eigenvalue weighted by molar-refractivity contribution is 9.10. The van der Waals surface area contributed by atoms with Gasteiger partial charge in [0.1, 0.15) is 5.82 Å². The molecule has 1 N–H and O–H groups in total. The van der Waals surface area contributed by atoms with Crippen LogP contribution in [0.5, 0.6) is 0 Å². The summed E-state index contributed by atoms with van der Waals surface area (Å²) in [7, 11) is 0. The van der Waals surface area contributed by atoms with E-state index in [0.717, 1.165) is 15.4 Å². The molecule has 108 valence electrons. The van der Waals surface area contributed by atoms with Gasteiger partial charge in [-0.2, -0.15) is 0 Å². The van der Waals surface area contributed by atoms with Gasteiger partial charge in [0.25, 0.3) is 0 Å². The molecular weight excluding hydrogens is 380 g/mol. The van der Waals surface area contributed by atoms with Crippen LogP contribution in [0.1, 0.15) is 0 Å². The first-order chi connectivity index (χ1) is 9.61. The minimum Gasteiger partial charge on any atom is -0.324 e. The normalized spacial score (nSPS) is 10.2. The van der Waals surface area contributed by atoms with Gasteiger partial charge >= 0.3 is 0 Å². The molecule has 21 heavy (non-hydrogen) atoms. The molecule has 0 bridgehead atoms. The zero-order valence-corrected chi connectivity index (χ0v) is 13.6. The predicted octanol–water partition coefficient (Wildman–Crippen LogP) is 5.35. The Morgan fingerprint density at radius 2 is 1.95 bits per heavy atom. The lowest BCUT2D eigenvalue weighted by Gasteiger charge is -2.06. The zero-order valence-electron chi connectivity index (χ0n) is 10.5. The average Bonchev–Trinajstić information content (AvgIpc) is 2.43. The summed E-state index contributed by atoms with van der Waals surface area (Å²) in [4.78, 5) is 8.60. The van der Waals surface area contributed by atoms with Crippen LogP contribution in [-0.2, 0) is 0 Å². The van der Waals surface area contributed by atoms with Gasteiger partial charge in [0, 0.05) is 21.7 Å². The van der Waals surface area contributed by atoms with E-state index >= 15 is 0 Å². The molecule has 0 atom stereocenters. The third kappa shape index (κ3) is 3.61. The van der Waals surface area contributed by atoms with Gasteiger partial charge in [-0.15, -0.1) is 12.4 Å². The second-order valence-electron chi connectivity index (χ2n) is 4.15. The summed E-state index contributed by atoms with van der Waals surface area (Å²) < 4.78 is 14.1. The third-order valence-electron chi connectivity index (χ3n) is 2.72. The quantitative estimate of drug-likeness (QED) is 0.642. The van der Waals surface area contributed by atoms with Gasteiger partial charge in [0.2, 0.25) is 5.95 Å². The fourth-order valence-electron chi connectivity index (χ4n) is 1.77. The molecular formula is C14H9BrCl2FN3. The lowest BCUT2D eigenvalue weighted by Crippen LogP contribution is -1.97. The van der Waals surface area contributed by atoms with Crippen molar-refractivity contribution < 1.29 is 4.39 Å². The van der Waals surface area contributed by atoms with Crippen LogP contribution in [0.3, 0.4) is 0 Å². The van der Waals surface area contributed by atoms with E-state index in [1.54, 1.807) is 12.3 Å². The Balaban J connectivity index is 0.00000161. The zero-order chi connectivity index (χ0) is 14.1. The van der Waals surface area contributed by atoms with Crippen molar-refractivity contribution in [3.8, 4) is 0 Å². The van der Waals surface area contributed by atoms with E-state index in [-0.39, 0.29) is 17.4 Å². The number of halogens is 4. The van der Waals surface area contributed by atoms with Crippen molar-refractivity contribution >= 4 is 62.5 Å². The van der Waals surface area contributed by atoms with Gasteiger partial charge in [0.05, 0.1) is 10.5 Å². The Morgan fingerprint density at radius 3 is 2.71 bits per heavy atom. The highest BCUT2D eigenvalue weighted by atomic mass is 79.9. The summed E-state index contributed by atoms with van der Waals surface area (Å²) in [6.07, 6.45) is 1.72. The van der Waals surface area contributed by atoms with E-state index in [2.05, 4.69) is 31.2 Å². The van der Waals surface area contributed by atoms with Gasteiger partial charge in [-0.1, -0.05) is 27.5 Å². The SMILES string of the molecule is Cl.Fc1ccc(Nc2ncc3cc(Br)ccc3n2)cc1Cl. The van der Waals surface area contributed by atoms with Crippen molar-refractivity contribution in [1.82, 2.24) is 9.97 Å². The van der Waals surface area contributed by atoms with Crippen LogP contribution >= 0.6 is 39.9 Å². The molecule has 0 aliphatic heterocycles. The number of nitrogens with one attached hydrogen (secondary N) is 1. The molecule has 0 radical (unpaired) electrons. The van der Waals surface area contributed by atoms with Crippen LogP contribution in [0.25, 0.3) is 10.9 Å². The van der Waals surface area contributed by atoms with E-state index in [1.165, 1.54) is 12.1 Å². The van der Waals surface area contributed by atoms with Crippen molar-refractivity contribution in [2.75, 3.05) is 5.32 Å². The molecule has 7 heteroatoms. The van der Waals surface area contributed by atoms with E-state index < -0.39 is 5.82 Å². The Morgan fingerprint density at radius 1 is 1.14 bits per heavy atom. The Hall–Kier alpha value is -1.43. The standard InChI is InChI=1S/C14H8BrClFN3.ClH/c15-9-1-4-13-8(5-9)7-18-14(20-13)19-10-2-3-12(17)11(16)6-10;/h1-7H,(H,18,19,20);1H. The molecule has 0 saturated heterocycles. The smallest absolute Gasteiger partial charge is 0.227 e.